The molecule has 1 aromatic rings. The molecule has 1 heterocycles. The van der Waals surface area contributed by atoms with Crippen molar-refractivity contribution in [2.45, 2.75) is 26.2 Å². The molecule has 0 saturated carbocycles. The standard InChI is InChI=1S/C10H11N2O/c1-7-8(5-11)6-12(13)10-4-2-3-9(7)10/h6,13H,2-4H2,1H3/q+1. The van der Waals surface area contributed by atoms with Gasteiger partial charge >= 0.3 is 0 Å². The number of hydrogen-bond acceptors (Lipinski definition) is 2. The fourth-order valence-electron chi connectivity index (χ4n) is 1.96. The molecule has 0 bridgehead atoms. The van der Waals surface area contributed by atoms with Crippen LogP contribution in [0.25, 0.3) is 0 Å². The molecule has 3 heteroatoms. The fraction of sp³-hybridized carbons (Fsp3) is 0.400. The maximum Gasteiger partial charge on any atom is 0.240 e. The van der Waals surface area contributed by atoms with Gasteiger partial charge in [0.2, 0.25) is 11.9 Å². The molecule has 0 aromatic carbocycles. The van der Waals surface area contributed by atoms with Gasteiger partial charge in [0.25, 0.3) is 0 Å². The molecule has 13 heavy (non-hydrogen) atoms. The van der Waals surface area contributed by atoms with Crippen molar-refractivity contribution < 1.29 is 9.94 Å². The maximum absolute atomic E-state index is 9.53. The summed E-state index contributed by atoms with van der Waals surface area (Å²) in [5, 5.41) is 18.3. The second-order valence-electron chi connectivity index (χ2n) is 3.40. The Morgan fingerprint density at radius 2 is 2.31 bits per heavy atom. The van der Waals surface area contributed by atoms with Crippen molar-refractivity contribution >= 4 is 0 Å². The van der Waals surface area contributed by atoms with Crippen molar-refractivity contribution in [3.05, 3.63) is 28.6 Å². The van der Waals surface area contributed by atoms with E-state index in [2.05, 4.69) is 6.07 Å². The van der Waals surface area contributed by atoms with Gasteiger partial charge in [0.05, 0.1) is 0 Å². The van der Waals surface area contributed by atoms with Crippen molar-refractivity contribution in [1.29, 1.82) is 5.26 Å². The van der Waals surface area contributed by atoms with Crippen molar-refractivity contribution in [2.24, 2.45) is 0 Å². The predicted octanol–water partition coefficient (Wildman–Crippen LogP) is 0.880. The molecule has 0 amide bonds. The molecule has 3 nitrogen and oxygen atoms in total. The van der Waals surface area contributed by atoms with E-state index in [1.54, 1.807) is 0 Å². The van der Waals surface area contributed by atoms with Crippen LogP contribution in [-0.2, 0) is 12.8 Å². The Hall–Kier alpha value is -1.56. The van der Waals surface area contributed by atoms with Crippen LogP contribution < -0.4 is 4.73 Å². The number of hydrogen-bond donors (Lipinski definition) is 1. The van der Waals surface area contributed by atoms with Crippen molar-refractivity contribution in [1.82, 2.24) is 0 Å². The lowest BCUT2D eigenvalue weighted by Gasteiger charge is -2.00. The van der Waals surface area contributed by atoms with Gasteiger partial charge in [-0.15, -0.1) is 0 Å². The first kappa shape index (κ1) is 8.06. The van der Waals surface area contributed by atoms with Crippen LogP contribution in [0.5, 0.6) is 0 Å². The lowest BCUT2D eigenvalue weighted by atomic mass is 10.0. The van der Waals surface area contributed by atoms with Crippen LogP contribution >= 0.6 is 0 Å². The molecule has 0 fully saturated rings. The lowest BCUT2D eigenvalue weighted by molar-refractivity contribution is -0.909. The molecular formula is C10H11N2O+. The molecule has 0 spiro atoms. The van der Waals surface area contributed by atoms with Crippen molar-refractivity contribution in [2.75, 3.05) is 0 Å². The van der Waals surface area contributed by atoms with Crippen LogP contribution in [0.3, 0.4) is 0 Å². The lowest BCUT2D eigenvalue weighted by Crippen LogP contribution is -2.35. The van der Waals surface area contributed by atoms with Crippen LogP contribution in [-0.4, -0.2) is 5.21 Å². The normalized spacial score (nSPS) is 13.8. The summed E-state index contributed by atoms with van der Waals surface area (Å²) in [5.41, 5.74) is 3.72. The quantitative estimate of drug-likeness (QED) is 0.470. The van der Waals surface area contributed by atoms with Crippen LogP contribution in [0, 0.1) is 18.3 Å². The first-order valence-corrected chi connectivity index (χ1v) is 4.40. The number of nitriles is 1. The smallest absolute Gasteiger partial charge is 0.240 e. The Morgan fingerprint density at radius 1 is 1.54 bits per heavy atom. The van der Waals surface area contributed by atoms with E-state index < -0.39 is 0 Å². The highest BCUT2D eigenvalue weighted by Crippen LogP contribution is 2.23. The van der Waals surface area contributed by atoms with Gasteiger partial charge < -0.3 is 0 Å². The topological polar surface area (TPSA) is 47.9 Å². The van der Waals surface area contributed by atoms with Crippen LogP contribution in [0.2, 0.25) is 0 Å². The molecule has 0 unspecified atom stereocenters. The molecule has 1 aliphatic rings. The molecular weight excluding hydrogens is 164 g/mol. The zero-order chi connectivity index (χ0) is 9.42. The Labute approximate surface area is 76.8 Å². The first-order chi connectivity index (χ1) is 6.24. The average Bonchev–Trinajstić information content (AvgIpc) is 2.60. The maximum atomic E-state index is 9.53. The number of pyridine rings is 1. The van der Waals surface area contributed by atoms with E-state index in [0.29, 0.717) is 5.56 Å². The molecule has 0 atom stereocenters. The highest BCUT2D eigenvalue weighted by atomic mass is 16.5. The summed E-state index contributed by atoms with van der Waals surface area (Å²) in [6, 6.07) is 2.08. The van der Waals surface area contributed by atoms with Gasteiger partial charge in [-0.3, -0.25) is 5.21 Å². The summed E-state index contributed by atoms with van der Waals surface area (Å²) in [4.78, 5) is 0. The van der Waals surface area contributed by atoms with E-state index in [-0.39, 0.29) is 0 Å². The average molecular weight is 175 g/mol. The van der Waals surface area contributed by atoms with E-state index in [0.717, 1.165) is 40.8 Å². The monoisotopic (exact) mass is 175 g/mol. The van der Waals surface area contributed by atoms with Gasteiger partial charge in [-0.1, -0.05) is 0 Å². The number of fused-ring (bicyclic) bond motifs is 1. The second-order valence-corrected chi connectivity index (χ2v) is 3.40. The van der Waals surface area contributed by atoms with E-state index in [4.69, 9.17) is 5.26 Å². The van der Waals surface area contributed by atoms with Crippen LogP contribution in [0.15, 0.2) is 6.20 Å². The molecule has 66 valence electrons. The van der Waals surface area contributed by atoms with E-state index in [9.17, 15) is 5.21 Å². The summed E-state index contributed by atoms with van der Waals surface area (Å²) in [7, 11) is 0. The number of aromatic nitrogens is 1. The molecule has 1 aliphatic carbocycles. The summed E-state index contributed by atoms with van der Waals surface area (Å²) in [5.74, 6) is 0. The summed E-state index contributed by atoms with van der Waals surface area (Å²) < 4.78 is 1.11. The molecule has 1 aromatic heterocycles. The predicted molar refractivity (Wildman–Crippen MR) is 45.3 cm³/mol. The van der Waals surface area contributed by atoms with Crippen LogP contribution in [0.1, 0.15) is 28.8 Å². The van der Waals surface area contributed by atoms with E-state index in [1.807, 2.05) is 6.92 Å². The third-order valence-corrected chi connectivity index (χ3v) is 2.69. The van der Waals surface area contributed by atoms with Gasteiger partial charge in [-0.25, -0.2) is 0 Å². The zero-order valence-corrected chi connectivity index (χ0v) is 7.54. The Balaban J connectivity index is 2.71. The Bertz CT molecular complexity index is 404. The molecule has 0 aliphatic heterocycles. The fourth-order valence-corrected chi connectivity index (χ4v) is 1.96. The first-order valence-electron chi connectivity index (χ1n) is 4.40. The van der Waals surface area contributed by atoms with Gasteiger partial charge in [0.1, 0.15) is 11.6 Å². The summed E-state index contributed by atoms with van der Waals surface area (Å²) in [6.45, 7) is 1.95. The highest BCUT2D eigenvalue weighted by Gasteiger charge is 2.26. The molecule has 0 radical (unpaired) electrons. The summed E-state index contributed by atoms with van der Waals surface area (Å²) in [6.07, 6.45) is 4.47. The van der Waals surface area contributed by atoms with Crippen molar-refractivity contribution in [3.8, 4) is 6.07 Å². The molecule has 0 saturated heterocycles. The summed E-state index contributed by atoms with van der Waals surface area (Å²) >= 11 is 0. The minimum Gasteiger partial charge on any atom is -0.285 e. The minimum atomic E-state index is 0.572. The number of nitrogens with zero attached hydrogens (tertiary/aromatic N) is 2. The zero-order valence-electron chi connectivity index (χ0n) is 7.54. The SMILES string of the molecule is Cc1c(C#N)c[n+](O)c2c1CCC2. The van der Waals surface area contributed by atoms with Gasteiger partial charge in [-0.2, -0.15) is 5.26 Å². The third-order valence-electron chi connectivity index (χ3n) is 2.69. The highest BCUT2D eigenvalue weighted by molar-refractivity contribution is 5.41. The number of rotatable bonds is 0. The molecule has 2 rings (SSSR count). The Morgan fingerprint density at radius 3 is 3.00 bits per heavy atom. The van der Waals surface area contributed by atoms with Crippen LogP contribution in [0.4, 0.5) is 0 Å². The largest absolute Gasteiger partial charge is 0.285 e. The van der Waals surface area contributed by atoms with E-state index in [1.165, 1.54) is 6.20 Å². The van der Waals surface area contributed by atoms with E-state index >= 15 is 0 Å². The van der Waals surface area contributed by atoms with Crippen molar-refractivity contribution in [3.63, 3.8) is 0 Å². The molecule has 1 N–H and O–H groups in total. The van der Waals surface area contributed by atoms with Gasteiger partial charge in [-0.05, 0) is 25.3 Å². The van der Waals surface area contributed by atoms with Gasteiger partial charge in [0.15, 0.2) is 0 Å². The third kappa shape index (κ3) is 1.06. The second kappa shape index (κ2) is 2.74. The van der Waals surface area contributed by atoms with Gasteiger partial charge in [0, 0.05) is 16.7 Å². The minimum absolute atomic E-state index is 0.572. The Kier molecular flexibility index (Phi) is 1.70.